The summed E-state index contributed by atoms with van der Waals surface area (Å²) in [6.45, 7) is 2.60. The Morgan fingerprint density at radius 3 is 2.48 bits per heavy atom. The van der Waals surface area contributed by atoms with Crippen molar-refractivity contribution in [1.29, 1.82) is 0 Å². The zero-order valence-corrected chi connectivity index (χ0v) is 17.1. The van der Waals surface area contributed by atoms with Gasteiger partial charge in [-0.15, -0.1) is 0 Å². The molecule has 7 nitrogen and oxygen atoms in total. The molecule has 1 aromatic rings. The number of carbonyl (C=O) groups excluding carboxylic acids is 3. The van der Waals surface area contributed by atoms with Crippen molar-refractivity contribution in [1.82, 2.24) is 14.7 Å². The second-order valence-electron chi connectivity index (χ2n) is 8.14. The van der Waals surface area contributed by atoms with Crippen LogP contribution in [0.1, 0.15) is 31.2 Å². The maximum absolute atomic E-state index is 12.9. The summed E-state index contributed by atoms with van der Waals surface area (Å²) in [5, 5.41) is 0. The summed E-state index contributed by atoms with van der Waals surface area (Å²) in [6.07, 6.45) is -2.20. The number of rotatable bonds is 5. The average Bonchev–Trinajstić information content (AvgIpc) is 3.32. The lowest BCUT2D eigenvalue weighted by Gasteiger charge is -2.36. The molecule has 4 rings (SSSR count). The Morgan fingerprint density at radius 2 is 1.81 bits per heavy atom. The fourth-order valence-corrected chi connectivity index (χ4v) is 4.53. The number of urea groups is 1. The van der Waals surface area contributed by atoms with Crippen LogP contribution in [0.4, 0.5) is 23.7 Å². The summed E-state index contributed by atoms with van der Waals surface area (Å²) in [5.74, 6) is -0.229. The molecule has 0 radical (unpaired) electrons. The van der Waals surface area contributed by atoms with E-state index in [9.17, 15) is 27.6 Å². The number of carbonyl (C=O) groups is 3. The molecule has 0 aromatic heterocycles. The highest BCUT2D eigenvalue weighted by Gasteiger charge is 2.46. The summed E-state index contributed by atoms with van der Waals surface area (Å²) in [4.78, 5) is 43.5. The number of alkyl halides is 3. The minimum atomic E-state index is -4.39. The van der Waals surface area contributed by atoms with E-state index in [4.69, 9.17) is 0 Å². The Balaban J connectivity index is 1.24. The van der Waals surface area contributed by atoms with Crippen molar-refractivity contribution in [2.45, 2.75) is 37.9 Å². The zero-order chi connectivity index (χ0) is 22.2. The number of imide groups is 1. The molecule has 0 spiro atoms. The van der Waals surface area contributed by atoms with E-state index < -0.39 is 11.7 Å². The minimum Gasteiger partial charge on any atom is -0.368 e. The summed E-state index contributed by atoms with van der Waals surface area (Å²) < 4.78 is 38.8. The van der Waals surface area contributed by atoms with Crippen LogP contribution in [0.15, 0.2) is 24.3 Å². The summed E-state index contributed by atoms with van der Waals surface area (Å²) >= 11 is 0. The van der Waals surface area contributed by atoms with Gasteiger partial charge in [0.2, 0.25) is 5.91 Å². The first kappa shape index (κ1) is 21.5. The predicted molar refractivity (Wildman–Crippen MR) is 106 cm³/mol. The van der Waals surface area contributed by atoms with Gasteiger partial charge in [0.05, 0.1) is 5.56 Å². The van der Waals surface area contributed by atoms with Crippen LogP contribution in [-0.2, 0) is 15.8 Å². The highest BCUT2D eigenvalue weighted by atomic mass is 19.4. The molecule has 1 atom stereocenters. The minimum absolute atomic E-state index is 0.0664. The molecule has 3 aliphatic heterocycles. The van der Waals surface area contributed by atoms with Crippen molar-refractivity contribution in [3.63, 3.8) is 0 Å². The SMILES string of the molecule is O=C(CCCN1C(=O)C2CCCN2C1=O)N1CCN(c2cccc(C(F)(F)F)c2)CC1. The van der Waals surface area contributed by atoms with Gasteiger partial charge in [0, 0.05) is 51.4 Å². The highest BCUT2D eigenvalue weighted by Crippen LogP contribution is 2.32. The lowest BCUT2D eigenvalue weighted by atomic mass is 10.1. The molecular formula is C21H25F3N4O3. The van der Waals surface area contributed by atoms with Gasteiger partial charge in [-0.3, -0.25) is 14.5 Å². The number of hydrogen-bond acceptors (Lipinski definition) is 4. The first-order valence-electron chi connectivity index (χ1n) is 10.6. The van der Waals surface area contributed by atoms with Gasteiger partial charge in [-0.05, 0) is 37.5 Å². The molecule has 4 amide bonds. The van der Waals surface area contributed by atoms with Crippen LogP contribution in [0, 0.1) is 0 Å². The number of amides is 4. The molecule has 0 aliphatic carbocycles. The van der Waals surface area contributed by atoms with Gasteiger partial charge in [0.15, 0.2) is 0 Å². The van der Waals surface area contributed by atoms with Crippen molar-refractivity contribution in [3.8, 4) is 0 Å². The van der Waals surface area contributed by atoms with Crippen molar-refractivity contribution in [2.24, 2.45) is 0 Å². The molecule has 3 saturated heterocycles. The molecule has 3 aliphatic rings. The van der Waals surface area contributed by atoms with Gasteiger partial charge >= 0.3 is 12.2 Å². The average molecular weight is 438 g/mol. The summed E-state index contributed by atoms with van der Waals surface area (Å²) in [7, 11) is 0. The van der Waals surface area contributed by atoms with Crippen LogP contribution in [0.25, 0.3) is 0 Å². The normalized spacial score (nSPS) is 21.8. The largest absolute Gasteiger partial charge is 0.416 e. The second-order valence-corrected chi connectivity index (χ2v) is 8.14. The van der Waals surface area contributed by atoms with Gasteiger partial charge in [-0.25, -0.2) is 4.79 Å². The van der Waals surface area contributed by atoms with Crippen LogP contribution in [-0.4, -0.2) is 77.9 Å². The third kappa shape index (κ3) is 4.33. The number of anilines is 1. The molecule has 168 valence electrons. The second kappa shape index (κ2) is 8.39. The van der Waals surface area contributed by atoms with E-state index >= 15 is 0 Å². The van der Waals surface area contributed by atoms with Gasteiger partial charge in [-0.1, -0.05) is 6.07 Å². The molecule has 0 saturated carbocycles. The Kier molecular flexibility index (Phi) is 5.81. The fourth-order valence-electron chi connectivity index (χ4n) is 4.53. The number of nitrogens with zero attached hydrogens (tertiary/aromatic N) is 4. The van der Waals surface area contributed by atoms with Crippen LogP contribution < -0.4 is 4.90 Å². The number of fused-ring (bicyclic) bond motifs is 1. The van der Waals surface area contributed by atoms with Gasteiger partial charge in [0.1, 0.15) is 6.04 Å². The Bertz CT molecular complexity index is 846. The van der Waals surface area contributed by atoms with Crippen molar-refractivity contribution >= 4 is 23.5 Å². The highest BCUT2D eigenvalue weighted by molar-refractivity contribution is 6.04. The van der Waals surface area contributed by atoms with E-state index in [0.717, 1.165) is 18.6 Å². The van der Waals surface area contributed by atoms with E-state index in [0.29, 0.717) is 51.3 Å². The fraction of sp³-hybridized carbons (Fsp3) is 0.571. The van der Waals surface area contributed by atoms with Crippen LogP contribution in [0.5, 0.6) is 0 Å². The third-order valence-corrected chi connectivity index (χ3v) is 6.22. The van der Waals surface area contributed by atoms with Crippen LogP contribution >= 0.6 is 0 Å². The smallest absolute Gasteiger partial charge is 0.368 e. The molecule has 1 aromatic carbocycles. The Morgan fingerprint density at radius 1 is 1.06 bits per heavy atom. The van der Waals surface area contributed by atoms with Crippen molar-refractivity contribution in [2.75, 3.05) is 44.2 Å². The molecule has 1 unspecified atom stereocenters. The van der Waals surface area contributed by atoms with E-state index in [-0.39, 0.29) is 36.9 Å². The van der Waals surface area contributed by atoms with E-state index in [1.807, 2.05) is 4.90 Å². The molecule has 3 fully saturated rings. The molecule has 31 heavy (non-hydrogen) atoms. The molecule has 10 heteroatoms. The topological polar surface area (TPSA) is 64.2 Å². The van der Waals surface area contributed by atoms with Crippen molar-refractivity contribution < 1.29 is 27.6 Å². The predicted octanol–water partition coefficient (Wildman–Crippen LogP) is 2.56. The summed E-state index contributed by atoms with van der Waals surface area (Å²) in [6, 6.07) is 4.63. The first-order valence-corrected chi connectivity index (χ1v) is 10.6. The Hall–Kier alpha value is -2.78. The van der Waals surface area contributed by atoms with Crippen LogP contribution in [0.2, 0.25) is 0 Å². The van der Waals surface area contributed by atoms with Gasteiger partial charge < -0.3 is 14.7 Å². The molecule has 3 heterocycles. The lowest BCUT2D eigenvalue weighted by Crippen LogP contribution is -2.49. The lowest BCUT2D eigenvalue weighted by molar-refractivity contribution is -0.137. The Labute approximate surface area is 178 Å². The van der Waals surface area contributed by atoms with E-state index in [1.165, 1.54) is 11.0 Å². The van der Waals surface area contributed by atoms with Crippen molar-refractivity contribution in [3.05, 3.63) is 29.8 Å². The summed E-state index contributed by atoms with van der Waals surface area (Å²) in [5.41, 5.74) is -0.191. The zero-order valence-electron chi connectivity index (χ0n) is 17.1. The van der Waals surface area contributed by atoms with Crippen LogP contribution in [0.3, 0.4) is 0 Å². The number of benzene rings is 1. The van der Waals surface area contributed by atoms with Gasteiger partial charge in [-0.2, -0.15) is 13.2 Å². The first-order chi connectivity index (χ1) is 14.8. The maximum Gasteiger partial charge on any atom is 0.416 e. The van der Waals surface area contributed by atoms with E-state index in [2.05, 4.69) is 0 Å². The monoisotopic (exact) mass is 438 g/mol. The maximum atomic E-state index is 12.9. The molecular weight excluding hydrogens is 413 g/mol. The molecule has 0 bridgehead atoms. The number of piperazine rings is 1. The molecule has 0 N–H and O–H groups in total. The quantitative estimate of drug-likeness (QED) is 0.663. The number of halogens is 3. The third-order valence-electron chi connectivity index (χ3n) is 6.22. The standard InChI is InChI=1S/C21H25F3N4O3/c22-21(23,24)15-4-1-5-16(14-15)25-10-12-26(13-11-25)18(29)7-3-9-28-19(30)17-6-2-8-27(17)20(28)31/h1,4-5,14,17H,2-3,6-13H2. The van der Waals surface area contributed by atoms with E-state index in [1.54, 1.807) is 15.9 Å². The number of hydrogen-bond donors (Lipinski definition) is 0. The van der Waals surface area contributed by atoms with Gasteiger partial charge in [0.25, 0.3) is 5.91 Å².